The number of fused-ring (bicyclic) bond motifs is 1. The van der Waals surface area contributed by atoms with Crippen LogP contribution in [0.15, 0.2) is 24.3 Å². The summed E-state index contributed by atoms with van der Waals surface area (Å²) >= 11 is 0. The smallest absolute Gasteiger partial charge is 0.227 e. The molecule has 1 saturated heterocycles. The molecular formula is C14H18N2O. The highest BCUT2D eigenvalue weighted by Gasteiger charge is 2.27. The minimum atomic E-state index is 0.275. The van der Waals surface area contributed by atoms with Gasteiger partial charge >= 0.3 is 0 Å². The van der Waals surface area contributed by atoms with Gasteiger partial charge in [-0.3, -0.25) is 4.79 Å². The van der Waals surface area contributed by atoms with Crippen LogP contribution in [0.4, 0.5) is 5.69 Å². The number of para-hydroxylation sites is 1. The van der Waals surface area contributed by atoms with Gasteiger partial charge in [0.25, 0.3) is 0 Å². The van der Waals surface area contributed by atoms with Crippen LogP contribution in [-0.2, 0) is 11.2 Å². The maximum Gasteiger partial charge on any atom is 0.227 e. The first-order chi connectivity index (χ1) is 8.34. The standard InChI is InChI=1S/C14H18N2O/c17-14-8-7-11-4-1-2-6-13(11)16(14)10-12-5-3-9-15-12/h1-2,4,6,12,15H,3,5,7-10H2/t12-/m0/s1. The van der Waals surface area contributed by atoms with Crippen molar-refractivity contribution in [2.24, 2.45) is 0 Å². The zero-order valence-corrected chi connectivity index (χ0v) is 9.98. The average Bonchev–Trinajstić information content (AvgIpc) is 2.86. The molecule has 2 aliphatic heterocycles. The molecule has 1 atom stereocenters. The summed E-state index contributed by atoms with van der Waals surface area (Å²) in [6.07, 6.45) is 3.97. The Morgan fingerprint density at radius 1 is 1.29 bits per heavy atom. The van der Waals surface area contributed by atoms with Crippen molar-refractivity contribution in [3.05, 3.63) is 29.8 Å². The highest BCUT2D eigenvalue weighted by Crippen LogP contribution is 2.28. The fourth-order valence-corrected chi connectivity index (χ4v) is 2.83. The molecule has 0 aromatic heterocycles. The lowest BCUT2D eigenvalue weighted by Crippen LogP contribution is -2.43. The van der Waals surface area contributed by atoms with Crippen molar-refractivity contribution in [2.45, 2.75) is 31.7 Å². The van der Waals surface area contributed by atoms with Gasteiger partial charge in [-0.1, -0.05) is 18.2 Å². The fourth-order valence-electron chi connectivity index (χ4n) is 2.83. The van der Waals surface area contributed by atoms with Gasteiger partial charge in [0.15, 0.2) is 0 Å². The van der Waals surface area contributed by atoms with Crippen LogP contribution in [0.3, 0.4) is 0 Å². The summed E-state index contributed by atoms with van der Waals surface area (Å²) in [6.45, 7) is 1.92. The Morgan fingerprint density at radius 3 is 3.00 bits per heavy atom. The van der Waals surface area contributed by atoms with Gasteiger partial charge in [-0.15, -0.1) is 0 Å². The molecule has 2 aliphatic rings. The van der Waals surface area contributed by atoms with E-state index in [0.717, 1.165) is 25.2 Å². The van der Waals surface area contributed by atoms with Crippen molar-refractivity contribution in [3.8, 4) is 0 Å². The number of rotatable bonds is 2. The van der Waals surface area contributed by atoms with Gasteiger partial charge in [-0.2, -0.15) is 0 Å². The van der Waals surface area contributed by atoms with Crippen LogP contribution in [0.25, 0.3) is 0 Å². The van der Waals surface area contributed by atoms with Gasteiger partial charge in [-0.05, 0) is 37.4 Å². The number of anilines is 1. The van der Waals surface area contributed by atoms with Crippen LogP contribution in [0.5, 0.6) is 0 Å². The third kappa shape index (κ3) is 2.07. The predicted octanol–water partition coefficient (Wildman–Crippen LogP) is 1.72. The van der Waals surface area contributed by atoms with E-state index in [-0.39, 0.29) is 5.91 Å². The highest BCUT2D eigenvalue weighted by atomic mass is 16.2. The Hall–Kier alpha value is -1.35. The second-order valence-corrected chi connectivity index (χ2v) is 4.93. The highest BCUT2D eigenvalue weighted by molar-refractivity contribution is 5.96. The maximum atomic E-state index is 12.0. The number of carbonyl (C=O) groups excluding carboxylic acids is 1. The van der Waals surface area contributed by atoms with Crippen LogP contribution in [0, 0.1) is 0 Å². The molecule has 0 radical (unpaired) electrons. The molecule has 90 valence electrons. The molecule has 3 rings (SSSR count). The van der Waals surface area contributed by atoms with Crippen molar-refractivity contribution in [1.29, 1.82) is 0 Å². The summed E-state index contributed by atoms with van der Waals surface area (Å²) in [7, 11) is 0. The number of nitrogens with zero attached hydrogens (tertiary/aromatic N) is 1. The maximum absolute atomic E-state index is 12.0. The minimum Gasteiger partial charge on any atom is -0.312 e. The molecular weight excluding hydrogens is 212 g/mol. The van der Waals surface area contributed by atoms with E-state index >= 15 is 0 Å². The predicted molar refractivity (Wildman–Crippen MR) is 68.1 cm³/mol. The zero-order valence-electron chi connectivity index (χ0n) is 9.98. The Bertz CT molecular complexity index is 424. The molecule has 0 saturated carbocycles. The molecule has 17 heavy (non-hydrogen) atoms. The van der Waals surface area contributed by atoms with E-state index in [0.29, 0.717) is 12.5 Å². The Balaban J connectivity index is 1.84. The number of hydrogen-bond donors (Lipinski definition) is 1. The van der Waals surface area contributed by atoms with Gasteiger partial charge in [0.05, 0.1) is 0 Å². The molecule has 1 N–H and O–H groups in total. The second-order valence-electron chi connectivity index (χ2n) is 4.93. The molecule has 0 aliphatic carbocycles. The van der Waals surface area contributed by atoms with Crippen molar-refractivity contribution in [1.82, 2.24) is 5.32 Å². The largest absolute Gasteiger partial charge is 0.312 e. The lowest BCUT2D eigenvalue weighted by Gasteiger charge is -2.31. The quantitative estimate of drug-likeness (QED) is 0.839. The van der Waals surface area contributed by atoms with E-state index in [2.05, 4.69) is 23.5 Å². The van der Waals surface area contributed by atoms with Gasteiger partial charge in [0.1, 0.15) is 0 Å². The summed E-state index contributed by atoms with van der Waals surface area (Å²) in [4.78, 5) is 14.0. The minimum absolute atomic E-state index is 0.275. The molecule has 2 heterocycles. The molecule has 0 spiro atoms. The Labute approximate surface area is 102 Å². The lowest BCUT2D eigenvalue weighted by atomic mass is 10.0. The molecule has 3 nitrogen and oxygen atoms in total. The van der Waals surface area contributed by atoms with Gasteiger partial charge in [0.2, 0.25) is 5.91 Å². The summed E-state index contributed by atoms with van der Waals surface area (Å²) in [5.74, 6) is 0.275. The lowest BCUT2D eigenvalue weighted by molar-refractivity contribution is -0.119. The van der Waals surface area contributed by atoms with E-state index in [1.807, 2.05) is 11.0 Å². The van der Waals surface area contributed by atoms with Gasteiger partial charge < -0.3 is 10.2 Å². The Kier molecular flexibility index (Phi) is 2.85. The number of aryl methyl sites for hydroxylation is 1. The first-order valence-electron chi connectivity index (χ1n) is 6.46. The summed E-state index contributed by atoms with van der Waals surface area (Å²) < 4.78 is 0. The number of carbonyl (C=O) groups is 1. The zero-order chi connectivity index (χ0) is 11.7. The third-order valence-electron chi connectivity index (χ3n) is 3.76. The second kappa shape index (κ2) is 4.49. The number of benzene rings is 1. The topological polar surface area (TPSA) is 32.3 Å². The van der Waals surface area contributed by atoms with E-state index in [4.69, 9.17) is 0 Å². The molecule has 3 heteroatoms. The molecule has 0 unspecified atom stereocenters. The fraction of sp³-hybridized carbons (Fsp3) is 0.500. The van der Waals surface area contributed by atoms with E-state index in [1.165, 1.54) is 18.4 Å². The summed E-state index contributed by atoms with van der Waals surface area (Å²) in [5.41, 5.74) is 2.43. The Morgan fingerprint density at radius 2 is 2.18 bits per heavy atom. The number of hydrogen-bond acceptors (Lipinski definition) is 2. The van der Waals surface area contributed by atoms with Gasteiger partial charge in [0, 0.05) is 24.7 Å². The van der Waals surface area contributed by atoms with Crippen molar-refractivity contribution < 1.29 is 4.79 Å². The normalized spacial score (nSPS) is 23.9. The van der Waals surface area contributed by atoms with E-state index in [9.17, 15) is 4.79 Å². The van der Waals surface area contributed by atoms with Crippen LogP contribution in [-0.4, -0.2) is 25.0 Å². The monoisotopic (exact) mass is 230 g/mol. The first-order valence-corrected chi connectivity index (χ1v) is 6.46. The molecule has 1 amide bonds. The van der Waals surface area contributed by atoms with Crippen LogP contribution in [0.2, 0.25) is 0 Å². The van der Waals surface area contributed by atoms with Crippen molar-refractivity contribution in [3.63, 3.8) is 0 Å². The van der Waals surface area contributed by atoms with Crippen molar-refractivity contribution >= 4 is 11.6 Å². The van der Waals surface area contributed by atoms with Gasteiger partial charge in [-0.25, -0.2) is 0 Å². The molecule has 1 aromatic rings. The van der Waals surface area contributed by atoms with Crippen LogP contribution >= 0.6 is 0 Å². The van der Waals surface area contributed by atoms with Crippen LogP contribution < -0.4 is 10.2 Å². The first kappa shape index (κ1) is 10.8. The van der Waals surface area contributed by atoms with Crippen LogP contribution in [0.1, 0.15) is 24.8 Å². The molecule has 0 bridgehead atoms. The molecule has 1 aromatic carbocycles. The third-order valence-corrected chi connectivity index (χ3v) is 3.76. The van der Waals surface area contributed by atoms with Crippen molar-refractivity contribution in [2.75, 3.05) is 18.0 Å². The average molecular weight is 230 g/mol. The number of amides is 1. The van der Waals surface area contributed by atoms with E-state index in [1.54, 1.807) is 0 Å². The SMILES string of the molecule is O=C1CCc2ccccc2N1C[C@@H]1CCCN1. The molecule has 1 fully saturated rings. The summed E-state index contributed by atoms with van der Waals surface area (Å²) in [6, 6.07) is 8.76. The number of nitrogens with one attached hydrogen (secondary N) is 1. The van der Waals surface area contributed by atoms with E-state index < -0.39 is 0 Å². The summed E-state index contributed by atoms with van der Waals surface area (Å²) in [5, 5.41) is 3.46.